The topological polar surface area (TPSA) is 4.41 Å². The molecular weight excluding hydrogens is 218 g/mol. The van der Waals surface area contributed by atoms with E-state index < -0.39 is 0 Å². The SMILES string of the molecule is C=CCc1c(-c2ccccc2)cc2ccccn12. The lowest BCUT2D eigenvalue weighted by atomic mass is 10.0. The van der Waals surface area contributed by atoms with Crippen LogP contribution in [0.1, 0.15) is 5.69 Å². The highest BCUT2D eigenvalue weighted by Gasteiger charge is 2.09. The maximum absolute atomic E-state index is 3.86. The second-order valence-electron chi connectivity index (χ2n) is 4.36. The number of aromatic nitrogens is 1. The van der Waals surface area contributed by atoms with Gasteiger partial charge in [0.05, 0.1) is 0 Å². The largest absolute Gasteiger partial charge is 0.320 e. The van der Waals surface area contributed by atoms with Crippen molar-refractivity contribution in [3.8, 4) is 11.1 Å². The first-order chi connectivity index (χ1) is 8.90. The van der Waals surface area contributed by atoms with E-state index in [1.54, 1.807) is 0 Å². The van der Waals surface area contributed by atoms with Crippen LogP contribution in [0.5, 0.6) is 0 Å². The van der Waals surface area contributed by atoms with Crippen LogP contribution in [-0.2, 0) is 6.42 Å². The predicted molar refractivity (Wildman–Crippen MR) is 76.7 cm³/mol. The molecule has 0 saturated heterocycles. The lowest BCUT2D eigenvalue weighted by Crippen LogP contribution is -1.92. The molecule has 0 fully saturated rings. The molecule has 0 amide bonds. The number of allylic oxidation sites excluding steroid dienone is 1. The number of hydrogen-bond acceptors (Lipinski definition) is 0. The Hall–Kier alpha value is -2.28. The standard InChI is InChI=1S/C17H15N/c1-2-8-17-16(14-9-4-3-5-10-14)13-15-11-6-7-12-18(15)17/h2-7,9-13H,1,8H2. The van der Waals surface area contributed by atoms with Crippen molar-refractivity contribution in [1.82, 2.24) is 4.40 Å². The second kappa shape index (κ2) is 4.53. The first kappa shape index (κ1) is 10.8. The molecular formula is C17H15N. The van der Waals surface area contributed by atoms with Crippen molar-refractivity contribution in [1.29, 1.82) is 0 Å². The van der Waals surface area contributed by atoms with Crippen LogP contribution in [0.3, 0.4) is 0 Å². The van der Waals surface area contributed by atoms with Gasteiger partial charge in [0.25, 0.3) is 0 Å². The predicted octanol–water partition coefficient (Wildman–Crippen LogP) is 4.33. The Morgan fingerprint density at radius 2 is 1.78 bits per heavy atom. The van der Waals surface area contributed by atoms with Crippen LogP contribution in [0.2, 0.25) is 0 Å². The Balaban J connectivity index is 2.28. The first-order valence-corrected chi connectivity index (χ1v) is 6.15. The third kappa shape index (κ3) is 1.74. The van der Waals surface area contributed by atoms with Gasteiger partial charge in [-0.3, -0.25) is 0 Å². The number of hydrogen-bond donors (Lipinski definition) is 0. The molecule has 1 nitrogen and oxygen atoms in total. The van der Waals surface area contributed by atoms with E-state index in [0.717, 1.165) is 6.42 Å². The van der Waals surface area contributed by atoms with Crippen LogP contribution in [0, 0.1) is 0 Å². The minimum atomic E-state index is 0.877. The number of pyridine rings is 1. The van der Waals surface area contributed by atoms with Crippen molar-refractivity contribution >= 4 is 5.52 Å². The quantitative estimate of drug-likeness (QED) is 0.593. The Labute approximate surface area is 107 Å². The monoisotopic (exact) mass is 233 g/mol. The highest BCUT2D eigenvalue weighted by molar-refractivity contribution is 5.74. The maximum Gasteiger partial charge on any atom is 0.0459 e. The Morgan fingerprint density at radius 3 is 2.56 bits per heavy atom. The van der Waals surface area contributed by atoms with Crippen LogP contribution >= 0.6 is 0 Å². The number of benzene rings is 1. The zero-order chi connectivity index (χ0) is 12.4. The molecule has 1 heteroatoms. The molecule has 0 unspecified atom stereocenters. The van der Waals surface area contributed by atoms with Crippen molar-refractivity contribution < 1.29 is 0 Å². The second-order valence-corrected chi connectivity index (χ2v) is 4.36. The third-order valence-corrected chi connectivity index (χ3v) is 3.21. The van der Waals surface area contributed by atoms with Gasteiger partial charge in [-0.05, 0) is 23.8 Å². The minimum absolute atomic E-state index is 0.877. The Bertz CT molecular complexity index is 677. The van der Waals surface area contributed by atoms with Crippen LogP contribution in [0.4, 0.5) is 0 Å². The molecule has 1 aromatic carbocycles. The molecule has 3 rings (SSSR count). The summed E-state index contributed by atoms with van der Waals surface area (Å²) in [5.74, 6) is 0. The summed E-state index contributed by atoms with van der Waals surface area (Å²) in [6.07, 6.45) is 4.95. The molecule has 3 aromatic rings. The fourth-order valence-corrected chi connectivity index (χ4v) is 2.39. The van der Waals surface area contributed by atoms with Crippen molar-refractivity contribution in [3.63, 3.8) is 0 Å². The van der Waals surface area contributed by atoms with Gasteiger partial charge in [0.1, 0.15) is 0 Å². The molecule has 18 heavy (non-hydrogen) atoms. The molecule has 0 atom stereocenters. The third-order valence-electron chi connectivity index (χ3n) is 3.21. The number of rotatable bonds is 3. The van der Waals surface area contributed by atoms with E-state index in [1.807, 2.05) is 12.1 Å². The summed E-state index contributed by atoms with van der Waals surface area (Å²) in [5.41, 5.74) is 5.08. The average Bonchev–Trinajstić information content (AvgIpc) is 2.80. The molecule has 0 aliphatic carbocycles. The molecule has 2 heterocycles. The van der Waals surface area contributed by atoms with Crippen molar-refractivity contribution in [2.24, 2.45) is 0 Å². The van der Waals surface area contributed by atoms with E-state index >= 15 is 0 Å². The lowest BCUT2D eigenvalue weighted by molar-refractivity contribution is 1.05. The van der Waals surface area contributed by atoms with Gasteiger partial charge in [-0.1, -0.05) is 42.5 Å². The zero-order valence-electron chi connectivity index (χ0n) is 10.2. The normalized spacial score (nSPS) is 10.7. The van der Waals surface area contributed by atoms with Gasteiger partial charge in [0.15, 0.2) is 0 Å². The van der Waals surface area contributed by atoms with Crippen molar-refractivity contribution in [2.75, 3.05) is 0 Å². The summed E-state index contributed by atoms with van der Waals surface area (Å²) in [7, 11) is 0. The first-order valence-electron chi connectivity index (χ1n) is 6.15. The zero-order valence-corrected chi connectivity index (χ0v) is 10.2. The molecule has 0 radical (unpaired) electrons. The minimum Gasteiger partial charge on any atom is -0.320 e. The molecule has 0 saturated carbocycles. The van der Waals surface area contributed by atoms with Crippen LogP contribution in [0.15, 0.2) is 73.4 Å². The van der Waals surface area contributed by atoms with Gasteiger partial charge < -0.3 is 4.40 Å². The molecule has 0 aliphatic heterocycles. The summed E-state index contributed by atoms with van der Waals surface area (Å²) in [6.45, 7) is 3.86. The molecule has 88 valence electrons. The van der Waals surface area contributed by atoms with E-state index in [-0.39, 0.29) is 0 Å². The fourth-order valence-electron chi connectivity index (χ4n) is 2.39. The van der Waals surface area contributed by atoms with Crippen molar-refractivity contribution in [3.05, 3.63) is 79.1 Å². The van der Waals surface area contributed by atoms with Gasteiger partial charge in [-0.25, -0.2) is 0 Å². The average molecular weight is 233 g/mol. The Kier molecular flexibility index (Phi) is 2.73. The molecule has 0 aliphatic rings. The molecule has 0 N–H and O–H groups in total. The van der Waals surface area contributed by atoms with E-state index in [1.165, 1.54) is 22.3 Å². The summed E-state index contributed by atoms with van der Waals surface area (Å²) < 4.78 is 2.24. The summed E-state index contributed by atoms with van der Waals surface area (Å²) in [6, 6.07) is 19.0. The number of fused-ring (bicyclic) bond motifs is 1. The van der Waals surface area contributed by atoms with Crippen LogP contribution < -0.4 is 0 Å². The van der Waals surface area contributed by atoms with Gasteiger partial charge in [-0.2, -0.15) is 0 Å². The molecule has 0 bridgehead atoms. The molecule has 0 spiro atoms. The van der Waals surface area contributed by atoms with E-state index in [9.17, 15) is 0 Å². The van der Waals surface area contributed by atoms with Gasteiger partial charge >= 0.3 is 0 Å². The van der Waals surface area contributed by atoms with Gasteiger partial charge in [-0.15, -0.1) is 6.58 Å². The molecule has 2 aromatic heterocycles. The maximum atomic E-state index is 3.86. The highest BCUT2D eigenvalue weighted by Crippen LogP contribution is 2.28. The van der Waals surface area contributed by atoms with Gasteiger partial charge in [0.2, 0.25) is 0 Å². The highest BCUT2D eigenvalue weighted by atomic mass is 14.9. The smallest absolute Gasteiger partial charge is 0.0459 e. The summed E-state index contributed by atoms with van der Waals surface area (Å²) >= 11 is 0. The van der Waals surface area contributed by atoms with Crippen molar-refractivity contribution in [2.45, 2.75) is 6.42 Å². The summed E-state index contributed by atoms with van der Waals surface area (Å²) in [4.78, 5) is 0. The van der Waals surface area contributed by atoms with E-state index in [0.29, 0.717) is 0 Å². The van der Waals surface area contributed by atoms with Crippen LogP contribution in [-0.4, -0.2) is 4.40 Å². The summed E-state index contributed by atoms with van der Waals surface area (Å²) in [5, 5.41) is 0. The van der Waals surface area contributed by atoms with E-state index in [2.05, 4.69) is 65.7 Å². The lowest BCUT2D eigenvalue weighted by Gasteiger charge is -2.04. The van der Waals surface area contributed by atoms with Gasteiger partial charge in [0, 0.05) is 29.4 Å². The number of nitrogens with zero attached hydrogens (tertiary/aromatic N) is 1. The fraction of sp³-hybridized carbons (Fsp3) is 0.0588. The van der Waals surface area contributed by atoms with Crippen LogP contribution in [0.25, 0.3) is 16.6 Å². The Morgan fingerprint density at radius 1 is 1.00 bits per heavy atom. The van der Waals surface area contributed by atoms with E-state index in [4.69, 9.17) is 0 Å².